The Labute approximate surface area is 104 Å². The molecule has 0 atom stereocenters. The molecule has 0 spiro atoms. The Balaban J connectivity index is 2.11. The van der Waals surface area contributed by atoms with Crippen molar-refractivity contribution in [2.75, 3.05) is 13.1 Å². The van der Waals surface area contributed by atoms with Crippen LogP contribution < -0.4 is 0 Å². The van der Waals surface area contributed by atoms with Crippen LogP contribution in [0.1, 0.15) is 28.9 Å². The van der Waals surface area contributed by atoms with Crippen LogP contribution in [0.2, 0.25) is 0 Å². The smallest absolute Gasteiger partial charge is 0.275 e. The molecule has 0 bridgehead atoms. The SMILES string of the molecule is C#Cc1c(C(=O)N2CCCC2)nn2cccnc12. The third-order valence-corrected chi connectivity index (χ3v) is 3.14. The van der Waals surface area contributed by atoms with Crippen LogP contribution in [0.15, 0.2) is 18.5 Å². The second-order valence-electron chi connectivity index (χ2n) is 4.26. The van der Waals surface area contributed by atoms with E-state index >= 15 is 0 Å². The molecule has 0 N–H and O–H groups in total. The molecule has 3 rings (SSSR count). The zero-order chi connectivity index (χ0) is 12.5. The molecule has 2 aromatic heterocycles. The van der Waals surface area contributed by atoms with E-state index in [1.54, 1.807) is 27.9 Å². The molecular formula is C13H12N4O. The predicted molar refractivity (Wildman–Crippen MR) is 66.1 cm³/mol. The normalized spacial score (nSPS) is 14.9. The van der Waals surface area contributed by atoms with E-state index in [1.807, 2.05) is 0 Å². The van der Waals surface area contributed by atoms with Crippen LogP contribution in [0.5, 0.6) is 0 Å². The summed E-state index contributed by atoms with van der Waals surface area (Å²) < 4.78 is 1.55. The maximum atomic E-state index is 12.3. The highest BCUT2D eigenvalue weighted by Gasteiger charge is 2.25. The first-order chi connectivity index (χ1) is 8.81. The Kier molecular flexibility index (Phi) is 2.49. The number of carbonyl (C=O) groups excluding carboxylic acids is 1. The second kappa shape index (κ2) is 4.15. The minimum absolute atomic E-state index is 0.0917. The molecule has 2 aromatic rings. The molecule has 1 fully saturated rings. The van der Waals surface area contributed by atoms with Crippen LogP contribution in [0, 0.1) is 12.3 Å². The van der Waals surface area contributed by atoms with Gasteiger partial charge < -0.3 is 4.90 Å². The number of amides is 1. The molecule has 0 aromatic carbocycles. The summed E-state index contributed by atoms with van der Waals surface area (Å²) in [5, 5.41) is 4.25. The summed E-state index contributed by atoms with van der Waals surface area (Å²) in [7, 11) is 0. The molecule has 0 saturated carbocycles. The topological polar surface area (TPSA) is 50.5 Å². The van der Waals surface area contributed by atoms with Crippen molar-refractivity contribution < 1.29 is 4.79 Å². The summed E-state index contributed by atoms with van der Waals surface area (Å²) >= 11 is 0. The number of carbonyl (C=O) groups is 1. The molecule has 1 aliphatic heterocycles. The predicted octanol–water partition coefficient (Wildman–Crippen LogP) is 0.947. The standard InChI is InChI=1S/C13H12N4O/c1-2-10-11(13(18)16-7-3-4-8-16)15-17-9-5-6-14-12(10)17/h1,5-6,9H,3-4,7-8H2. The highest BCUT2D eigenvalue weighted by atomic mass is 16.2. The fraction of sp³-hybridized carbons (Fsp3) is 0.308. The van der Waals surface area contributed by atoms with Crippen LogP contribution in [0.25, 0.3) is 5.65 Å². The van der Waals surface area contributed by atoms with E-state index in [9.17, 15) is 4.79 Å². The van der Waals surface area contributed by atoms with Crippen LogP contribution in [-0.4, -0.2) is 38.5 Å². The lowest BCUT2D eigenvalue weighted by atomic mass is 10.2. The van der Waals surface area contributed by atoms with Gasteiger partial charge >= 0.3 is 0 Å². The molecule has 5 nitrogen and oxygen atoms in total. The fourth-order valence-electron chi connectivity index (χ4n) is 2.24. The van der Waals surface area contributed by atoms with Crippen LogP contribution >= 0.6 is 0 Å². The number of fused-ring (bicyclic) bond motifs is 1. The lowest BCUT2D eigenvalue weighted by Gasteiger charge is -2.13. The molecular weight excluding hydrogens is 228 g/mol. The average molecular weight is 240 g/mol. The number of likely N-dealkylation sites (tertiary alicyclic amines) is 1. The summed E-state index contributed by atoms with van der Waals surface area (Å²) in [5.41, 5.74) is 1.37. The Morgan fingerprint density at radius 1 is 1.39 bits per heavy atom. The van der Waals surface area contributed by atoms with Crippen molar-refractivity contribution in [3.8, 4) is 12.3 Å². The summed E-state index contributed by atoms with van der Waals surface area (Å²) in [6.45, 7) is 1.56. The number of hydrogen-bond acceptors (Lipinski definition) is 3. The van der Waals surface area contributed by atoms with Crippen molar-refractivity contribution in [3.05, 3.63) is 29.7 Å². The van der Waals surface area contributed by atoms with E-state index < -0.39 is 0 Å². The summed E-state index contributed by atoms with van der Waals surface area (Å²) in [5.74, 6) is 2.44. The fourth-order valence-corrected chi connectivity index (χ4v) is 2.24. The van der Waals surface area contributed by atoms with Gasteiger partial charge in [0.25, 0.3) is 5.91 Å². The van der Waals surface area contributed by atoms with Gasteiger partial charge in [-0.05, 0) is 18.9 Å². The van der Waals surface area contributed by atoms with Crippen molar-refractivity contribution in [1.29, 1.82) is 0 Å². The van der Waals surface area contributed by atoms with Gasteiger partial charge in [0.05, 0.1) is 0 Å². The first-order valence-electron chi connectivity index (χ1n) is 5.90. The van der Waals surface area contributed by atoms with Crippen LogP contribution in [0.3, 0.4) is 0 Å². The summed E-state index contributed by atoms with van der Waals surface area (Å²) in [6, 6.07) is 1.75. The van der Waals surface area contributed by atoms with E-state index in [2.05, 4.69) is 16.0 Å². The number of terminal acetylenes is 1. The minimum Gasteiger partial charge on any atom is -0.337 e. The van der Waals surface area contributed by atoms with Gasteiger partial charge in [-0.15, -0.1) is 6.42 Å². The molecule has 18 heavy (non-hydrogen) atoms. The van der Waals surface area contributed by atoms with Gasteiger partial charge in [0.2, 0.25) is 0 Å². The van der Waals surface area contributed by atoms with E-state index in [-0.39, 0.29) is 5.91 Å². The zero-order valence-corrected chi connectivity index (χ0v) is 9.83. The monoisotopic (exact) mass is 240 g/mol. The van der Waals surface area contributed by atoms with E-state index in [4.69, 9.17) is 6.42 Å². The maximum absolute atomic E-state index is 12.3. The maximum Gasteiger partial charge on any atom is 0.275 e. The van der Waals surface area contributed by atoms with E-state index in [1.165, 1.54) is 0 Å². The summed E-state index contributed by atoms with van der Waals surface area (Å²) in [4.78, 5) is 18.3. The minimum atomic E-state index is -0.0917. The molecule has 1 saturated heterocycles. The molecule has 1 aliphatic rings. The third kappa shape index (κ3) is 1.54. The van der Waals surface area contributed by atoms with Gasteiger partial charge in [0, 0.05) is 25.5 Å². The van der Waals surface area contributed by atoms with Crippen molar-refractivity contribution in [2.45, 2.75) is 12.8 Å². The first-order valence-corrected chi connectivity index (χ1v) is 5.90. The quantitative estimate of drug-likeness (QED) is 0.697. The Hall–Kier alpha value is -2.35. The highest BCUT2D eigenvalue weighted by Crippen LogP contribution is 2.17. The molecule has 3 heterocycles. The molecule has 0 radical (unpaired) electrons. The van der Waals surface area contributed by atoms with Gasteiger partial charge in [0.1, 0.15) is 5.56 Å². The van der Waals surface area contributed by atoms with Crippen LogP contribution in [0.4, 0.5) is 0 Å². The highest BCUT2D eigenvalue weighted by molar-refractivity contribution is 5.97. The molecule has 0 unspecified atom stereocenters. The van der Waals surface area contributed by atoms with E-state index in [0.717, 1.165) is 25.9 Å². The second-order valence-corrected chi connectivity index (χ2v) is 4.26. The summed E-state index contributed by atoms with van der Waals surface area (Å²) in [6.07, 6.45) is 11.0. The largest absolute Gasteiger partial charge is 0.337 e. The van der Waals surface area contributed by atoms with Crippen molar-refractivity contribution >= 4 is 11.6 Å². The number of aromatic nitrogens is 3. The van der Waals surface area contributed by atoms with Gasteiger partial charge in [0.15, 0.2) is 11.3 Å². The molecule has 5 heteroatoms. The lowest BCUT2D eigenvalue weighted by Crippen LogP contribution is -2.28. The van der Waals surface area contributed by atoms with E-state index in [0.29, 0.717) is 16.9 Å². The number of nitrogens with zero attached hydrogens (tertiary/aromatic N) is 4. The molecule has 0 aliphatic carbocycles. The average Bonchev–Trinajstić information content (AvgIpc) is 3.04. The van der Waals surface area contributed by atoms with Crippen molar-refractivity contribution in [2.24, 2.45) is 0 Å². The molecule has 90 valence electrons. The third-order valence-electron chi connectivity index (χ3n) is 3.14. The molecule has 1 amide bonds. The van der Waals surface area contributed by atoms with Gasteiger partial charge in [-0.1, -0.05) is 5.92 Å². The van der Waals surface area contributed by atoms with Crippen LogP contribution in [-0.2, 0) is 0 Å². The Bertz CT molecular complexity index is 647. The zero-order valence-electron chi connectivity index (χ0n) is 9.83. The Morgan fingerprint density at radius 2 is 2.17 bits per heavy atom. The van der Waals surface area contributed by atoms with Crippen molar-refractivity contribution in [3.63, 3.8) is 0 Å². The number of hydrogen-bond donors (Lipinski definition) is 0. The number of rotatable bonds is 1. The lowest BCUT2D eigenvalue weighted by molar-refractivity contribution is 0.0786. The van der Waals surface area contributed by atoms with Crippen molar-refractivity contribution in [1.82, 2.24) is 19.5 Å². The van der Waals surface area contributed by atoms with Gasteiger partial charge in [-0.25, -0.2) is 9.50 Å². The first kappa shape index (κ1) is 10.8. The van der Waals surface area contributed by atoms with Gasteiger partial charge in [-0.2, -0.15) is 5.10 Å². The Morgan fingerprint density at radius 3 is 2.89 bits per heavy atom. The van der Waals surface area contributed by atoms with Gasteiger partial charge in [-0.3, -0.25) is 4.79 Å².